The van der Waals surface area contributed by atoms with Crippen LogP contribution in [0.3, 0.4) is 0 Å². The Kier molecular flexibility index (Phi) is 5.62. The van der Waals surface area contributed by atoms with Gasteiger partial charge in [-0.2, -0.15) is 11.8 Å². The summed E-state index contributed by atoms with van der Waals surface area (Å²) in [4.78, 5) is 0.176. The number of hydrogen-bond donors (Lipinski definition) is 1. The van der Waals surface area contributed by atoms with Gasteiger partial charge in [0, 0.05) is 5.69 Å². The molecule has 1 rings (SSSR count). The van der Waals surface area contributed by atoms with Crippen molar-refractivity contribution in [1.82, 2.24) is 0 Å². The molecule has 96 valence electrons. The maximum atomic E-state index is 12.0. The zero-order valence-corrected chi connectivity index (χ0v) is 12.0. The second kappa shape index (κ2) is 6.52. The Bertz CT molecular complexity index is 474. The standard InChI is InChI=1S/C11H16ClNO2S2/c1-2-16-6-3-7-17(14,15)11-5-4-9(13)8-10(11)12/h4-5,8H,2-3,6-7,13H2,1H3. The van der Waals surface area contributed by atoms with Gasteiger partial charge in [-0.3, -0.25) is 0 Å². The highest BCUT2D eigenvalue weighted by atomic mass is 35.5. The minimum Gasteiger partial charge on any atom is -0.399 e. The summed E-state index contributed by atoms with van der Waals surface area (Å²) >= 11 is 7.62. The summed E-state index contributed by atoms with van der Waals surface area (Å²) in [5.74, 6) is 1.98. The average Bonchev–Trinajstić information content (AvgIpc) is 2.24. The van der Waals surface area contributed by atoms with E-state index in [-0.39, 0.29) is 15.7 Å². The highest BCUT2D eigenvalue weighted by Gasteiger charge is 2.17. The molecular formula is C11H16ClNO2S2. The van der Waals surface area contributed by atoms with Gasteiger partial charge in [0.2, 0.25) is 0 Å². The highest BCUT2D eigenvalue weighted by Crippen LogP contribution is 2.25. The molecule has 17 heavy (non-hydrogen) atoms. The maximum absolute atomic E-state index is 12.0. The van der Waals surface area contributed by atoms with Crippen LogP contribution in [0.5, 0.6) is 0 Å². The number of thioether (sulfide) groups is 1. The van der Waals surface area contributed by atoms with E-state index in [1.165, 1.54) is 12.1 Å². The first-order valence-corrected chi connectivity index (χ1v) is 8.51. The number of nitrogen functional groups attached to an aromatic ring is 1. The van der Waals surface area contributed by atoms with Crippen LogP contribution in [0.1, 0.15) is 13.3 Å². The van der Waals surface area contributed by atoms with Gasteiger partial charge in [0.05, 0.1) is 15.7 Å². The Morgan fingerprint density at radius 1 is 1.41 bits per heavy atom. The fourth-order valence-electron chi connectivity index (χ4n) is 1.37. The van der Waals surface area contributed by atoms with Gasteiger partial charge in [-0.1, -0.05) is 18.5 Å². The lowest BCUT2D eigenvalue weighted by molar-refractivity contribution is 0.595. The SMILES string of the molecule is CCSCCCS(=O)(=O)c1ccc(N)cc1Cl. The molecule has 0 bridgehead atoms. The van der Waals surface area contributed by atoms with E-state index < -0.39 is 9.84 Å². The van der Waals surface area contributed by atoms with Crippen LogP contribution in [0, 0.1) is 0 Å². The largest absolute Gasteiger partial charge is 0.399 e. The number of nitrogens with two attached hydrogens (primary N) is 1. The highest BCUT2D eigenvalue weighted by molar-refractivity contribution is 7.99. The minimum absolute atomic E-state index is 0.129. The minimum atomic E-state index is -3.29. The molecule has 1 aromatic rings. The van der Waals surface area contributed by atoms with Gasteiger partial charge in [-0.05, 0) is 36.1 Å². The Labute approximate surface area is 112 Å². The summed E-state index contributed by atoms with van der Waals surface area (Å²) in [5, 5.41) is 0.202. The molecule has 3 nitrogen and oxygen atoms in total. The quantitative estimate of drug-likeness (QED) is 0.647. The summed E-state index contributed by atoms with van der Waals surface area (Å²) in [5.41, 5.74) is 6.00. The third kappa shape index (κ3) is 4.41. The average molecular weight is 294 g/mol. The Balaban J connectivity index is 2.76. The van der Waals surface area contributed by atoms with Crippen molar-refractivity contribution in [3.8, 4) is 0 Å². The van der Waals surface area contributed by atoms with Gasteiger partial charge >= 0.3 is 0 Å². The maximum Gasteiger partial charge on any atom is 0.179 e. The number of halogens is 1. The van der Waals surface area contributed by atoms with Crippen molar-refractivity contribution >= 4 is 38.9 Å². The molecule has 0 fully saturated rings. The molecular weight excluding hydrogens is 278 g/mol. The lowest BCUT2D eigenvalue weighted by Crippen LogP contribution is -2.08. The molecule has 0 aliphatic heterocycles. The van der Waals surface area contributed by atoms with E-state index in [1.54, 1.807) is 17.8 Å². The molecule has 0 aromatic heterocycles. The molecule has 0 aliphatic rings. The zero-order valence-electron chi connectivity index (χ0n) is 9.65. The normalized spacial score (nSPS) is 11.6. The number of rotatable bonds is 6. The van der Waals surface area contributed by atoms with Crippen molar-refractivity contribution in [2.75, 3.05) is 23.0 Å². The van der Waals surface area contributed by atoms with Crippen LogP contribution in [-0.4, -0.2) is 25.7 Å². The smallest absolute Gasteiger partial charge is 0.179 e. The fourth-order valence-corrected chi connectivity index (χ4v) is 4.11. The first-order chi connectivity index (χ1) is 7.97. The van der Waals surface area contributed by atoms with Crippen LogP contribution in [-0.2, 0) is 9.84 Å². The van der Waals surface area contributed by atoms with E-state index in [2.05, 4.69) is 6.92 Å². The molecule has 0 atom stereocenters. The van der Waals surface area contributed by atoms with Crippen molar-refractivity contribution in [2.24, 2.45) is 0 Å². The molecule has 6 heteroatoms. The number of benzene rings is 1. The second-order valence-corrected chi connectivity index (χ2v) is 7.44. The van der Waals surface area contributed by atoms with Gasteiger partial charge < -0.3 is 5.73 Å². The summed E-state index contributed by atoms with van der Waals surface area (Å²) in [6.45, 7) is 2.05. The molecule has 0 spiro atoms. The van der Waals surface area contributed by atoms with Crippen molar-refractivity contribution < 1.29 is 8.42 Å². The number of hydrogen-bond acceptors (Lipinski definition) is 4. The topological polar surface area (TPSA) is 60.2 Å². The van der Waals surface area contributed by atoms with Crippen molar-refractivity contribution in [3.05, 3.63) is 23.2 Å². The lowest BCUT2D eigenvalue weighted by Gasteiger charge is -2.06. The van der Waals surface area contributed by atoms with Crippen LogP contribution < -0.4 is 5.73 Å². The summed E-state index contributed by atoms with van der Waals surface area (Å²) in [6.07, 6.45) is 0.640. The van der Waals surface area contributed by atoms with Crippen LogP contribution in [0.15, 0.2) is 23.1 Å². The molecule has 0 amide bonds. The molecule has 0 saturated heterocycles. The summed E-state index contributed by atoms with van der Waals surface area (Å²) in [7, 11) is -3.29. The predicted molar refractivity (Wildman–Crippen MR) is 75.5 cm³/mol. The molecule has 0 unspecified atom stereocenters. The third-order valence-corrected chi connectivity index (χ3v) is 5.46. The molecule has 2 N–H and O–H groups in total. The molecule has 0 aliphatic carbocycles. The third-order valence-electron chi connectivity index (χ3n) is 2.20. The van der Waals surface area contributed by atoms with Crippen molar-refractivity contribution in [3.63, 3.8) is 0 Å². The van der Waals surface area contributed by atoms with E-state index in [0.717, 1.165) is 11.5 Å². The van der Waals surface area contributed by atoms with Crippen LogP contribution in [0.25, 0.3) is 0 Å². The molecule has 0 saturated carbocycles. The monoisotopic (exact) mass is 293 g/mol. The first-order valence-electron chi connectivity index (χ1n) is 5.33. The molecule has 0 radical (unpaired) electrons. The van der Waals surface area contributed by atoms with Gasteiger partial charge in [0.25, 0.3) is 0 Å². The second-order valence-electron chi connectivity index (χ2n) is 3.56. The van der Waals surface area contributed by atoms with E-state index in [0.29, 0.717) is 12.1 Å². The van der Waals surface area contributed by atoms with E-state index in [4.69, 9.17) is 17.3 Å². The number of sulfone groups is 1. The predicted octanol–water partition coefficient (Wildman–Crippen LogP) is 2.84. The van der Waals surface area contributed by atoms with E-state index in [9.17, 15) is 8.42 Å². The Hall–Kier alpha value is -0.390. The molecule has 0 heterocycles. The lowest BCUT2D eigenvalue weighted by atomic mass is 10.3. The van der Waals surface area contributed by atoms with E-state index >= 15 is 0 Å². The fraction of sp³-hybridized carbons (Fsp3) is 0.455. The number of anilines is 1. The van der Waals surface area contributed by atoms with Crippen LogP contribution in [0.2, 0.25) is 5.02 Å². The van der Waals surface area contributed by atoms with E-state index in [1.807, 2.05) is 0 Å². The first kappa shape index (κ1) is 14.7. The van der Waals surface area contributed by atoms with Crippen molar-refractivity contribution in [2.45, 2.75) is 18.2 Å². The van der Waals surface area contributed by atoms with Crippen LogP contribution >= 0.6 is 23.4 Å². The van der Waals surface area contributed by atoms with Gasteiger partial charge in [-0.25, -0.2) is 8.42 Å². The summed E-state index contributed by atoms with van der Waals surface area (Å²) in [6, 6.07) is 4.49. The van der Waals surface area contributed by atoms with Crippen LogP contribution in [0.4, 0.5) is 5.69 Å². The van der Waals surface area contributed by atoms with Gasteiger partial charge in [-0.15, -0.1) is 0 Å². The van der Waals surface area contributed by atoms with Gasteiger partial charge in [0.15, 0.2) is 9.84 Å². The molecule has 1 aromatic carbocycles. The zero-order chi connectivity index (χ0) is 12.9. The Morgan fingerprint density at radius 3 is 2.71 bits per heavy atom. The van der Waals surface area contributed by atoms with Crippen molar-refractivity contribution in [1.29, 1.82) is 0 Å². The van der Waals surface area contributed by atoms with Gasteiger partial charge in [0.1, 0.15) is 0 Å². The Morgan fingerprint density at radius 2 is 2.12 bits per heavy atom. The summed E-state index contributed by atoms with van der Waals surface area (Å²) < 4.78 is 24.0.